The summed E-state index contributed by atoms with van der Waals surface area (Å²) in [5.41, 5.74) is 31.2. The third-order valence-electron chi connectivity index (χ3n) is 9.37. The molecular formula is C39H40N10O2. The number of fused-ring (bicyclic) bond motifs is 6. The van der Waals surface area contributed by atoms with Crippen LogP contribution in [0.3, 0.4) is 0 Å². The minimum atomic E-state index is -0.489. The van der Waals surface area contributed by atoms with Crippen molar-refractivity contribution < 1.29 is 9.53 Å². The molecule has 3 aromatic carbocycles. The van der Waals surface area contributed by atoms with Crippen LogP contribution in [0.25, 0.3) is 33.4 Å². The van der Waals surface area contributed by atoms with Crippen molar-refractivity contribution in [2.45, 2.75) is 52.6 Å². The van der Waals surface area contributed by atoms with Gasteiger partial charge in [-0.3, -0.25) is 5.32 Å². The first-order valence-electron chi connectivity index (χ1n) is 16.7. The number of benzene rings is 3. The predicted octanol–water partition coefficient (Wildman–Crippen LogP) is 6.95. The molecule has 258 valence electrons. The predicted molar refractivity (Wildman–Crippen MR) is 202 cm³/mol. The lowest BCUT2D eigenvalue weighted by molar-refractivity contribution is 0.155. The maximum atomic E-state index is 12.1. The van der Waals surface area contributed by atoms with Crippen LogP contribution in [0.1, 0.15) is 48.3 Å². The van der Waals surface area contributed by atoms with Crippen LogP contribution in [0.15, 0.2) is 91.5 Å². The molecule has 0 aliphatic heterocycles. The van der Waals surface area contributed by atoms with E-state index in [4.69, 9.17) is 21.9 Å². The number of aromatic nitrogens is 6. The molecule has 51 heavy (non-hydrogen) atoms. The number of carbonyl (C=O) groups excluding carboxylic acids is 1. The number of nitrogen functional groups attached to an aromatic ring is 3. The second-order valence-electron chi connectivity index (χ2n) is 12.5. The molecule has 4 heterocycles. The highest BCUT2D eigenvalue weighted by molar-refractivity contribution is 5.92. The SMILES string of the molecule is C.Nc1ccc(-n2c3c(c4ncnc(N)c42)CCC3)cc1.Nc1ncnc2c3c(n(-c4ccc(NC(=O)OCc5ccccc5)cc4)c12)CCC3. The molecule has 2 aliphatic rings. The lowest BCUT2D eigenvalue weighted by atomic mass is 10.2. The molecule has 0 fully saturated rings. The van der Waals surface area contributed by atoms with Gasteiger partial charge in [0.05, 0.1) is 11.0 Å². The molecular weight excluding hydrogens is 640 g/mol. The number of rotatable bonds is 5. The molecule has 7 aromatic rings. The lowest BCUT2D eigenvalue weighted by Crippen LogP contribution is -2.13. The number of ether oxygens (including phenoxy) is 1. The zero-order valence-corrected chi connectivity index (χ0v) is 27.3. The second-order valence-corrected chi connectivity index (χ2v) is 12.5. The Kier molecular flexibility index (Phi) is 8.97. The largest absolute Gasteiger partial charge is 0.444 e. The highest BCUT2D eigenvalue weighted by atomic mass is 16.5. The van der Waals surface area contributed by atoms with E-state index in [1.165, 1.54) is 35.3 Å². The Balaban J connectivity index is 0.000000168. The van der Waals surface area contributed by atoms with Gasteiger partial charge in [-0.1, -0.05) is 37.8 Å². The third-order valence-corrected chi connectivity index (χ3v) is 9.37. The number of nitrogens with zero attached hydrogens (tertiary/aromatic N) is 6. The Morgan fingerprint density at radius 1 is 0.667 bits per heavy atom. The fourth-order valence-electron chi connectivity index (χ4n) is 7.16. The van der Waals surface area contributed by atoms with Gasteiger partial charge >= 0.3 is 6.09 Å². The summed E-state index contributed by atoms with van der Waals surface area (Å²) >= 11 is 0. The topological polar surface area (TPSA) is 178 Å². The van der Waals surface area contributed by atoms with Crippen LogP contribution in [-0.2, 0) is 37.0 Å². The Morgan fingerprint density at radius 2 is 1.18 bits per heavy atom. The van der Waals surface area contributed by atoms with E-state index < -0.39 is 6.09 Å². The van der Waals surface area contributed by atoms with Crippen LogP contribution in [0.5, 0.6) is 0 Å². The first-order valence-corrected chi connectivity index (χ1v) is 16.7. The van der Waals surface area contributed by atoms with Crippen LogP contribution in [0.4, 0.5) is 27.8 Å². The Bertz CT molecular complexity index is 2350. The van der Waals surface area contributed by atoms with Crippen molar-refractivity contribution in [3.05, 3.63) is 120 Å². The summed E-state index contributed by atoms with van der Waals surface area (Å²) in [6.07, 6.45) is 8.95. The van der Waals surface area contributed by atoms with Gasteiger partial charge in [0.15, 0.2) is 11.6 Å². The molecule has 2 aliphatic carbocycles. The van der Waals surface area contributed by atoms with E-state index in [0.29, 0.717) is 17.3 Å². The van der Waals surface area contributed by atoms with Crippen molar-refractivity contribution in [1.29, 1.82) is 0 Å². The van der Waals surface area contributed by atoms with E-state index >= 15 is 0 Å². The molecule has 0 saturated carbocycles. The van der Waals surface area contributed by atoms with Crippen molar-refractivity contribution in [2.75, 3.05) is 22.5 Å². The van der Waals surface area contributed by atoms with Gasteiger partial charge in [-0.2, -0.15) is 0 Å². The minimum Gasteiger partial charge on any atom is -0.444 e. The molecule has 7 N–H and O–H groups in total. The van der Waals surface area contributed by atoms with Gasteiger partial charge in [-0.05, 0) is 104 Å². The highest BCUT2D eigenvalue weighted by Crippen LogP contribution is 2.37. The maximum absolute atomic E-state index is 12.1. The highest BCUT2D eigenvalue weighted by Gasteiger charge is 2.26. The van der Waals surface area contributed by atoms with Crippen molar-refractivity contribution >= 4 is 51.2 Å². The number of amides is 1. The molecule has 0 unspecified atom stereocenters. The van der Waals surface area contributed by atoms with E-state index in [-0.39, 0.29) is 14.0 Å². The van der Waals surface area contributed by atoms with E-state index in [2.05, 4.69) is 34.4 Å². The average Bonchev–Trinajstić information content (AvgIpc) is 3.92. The summed E-state index contributed by atoms with van der Waals surface area (Å²) in [5.74, 6) is 1.00. The maximum Gasteiger partial charge on any atom is 0.411 e. The molecule has 0 saturated heterocycles. The molecule has 4 aromatic heterocycles. The molecule has 0 radical (unpaired) electrons. The van der Waals surface area contributed by atoms with Gasteiger partial charge in [0.1, 0.15) is 30.3 Å². The summed E-state index contributed by atoms with van der Waals surface area (Å²) in [4.78, 5) is 29.3. The van der Waals surface area contributed by atoms with Crippen molar-refractivity contribution in [3.63, 3.8) is 0 Å². The Labute approximate surface area is 295 Å². The summed E-state index contributed by atoms with van der Waals surface area (Å²) in [6.45, 7) is 0.228. The summed E-state index contributed by atoms with van der Waals surface area (Å²) < 4.78 is 9.61. The van der Waals surface area contributed by atoms with Gasteiger partial charge in [-0.15, -0.1) is 0 Å². The monoisotopic (exact) mass is 680 g/mol. The number of hydrogen-bond acceptors (Lipinski definition) is 9. The minimum absolute atomic E-state index is 0. The molecule has 1 amide bonds. The van der Waals surface area contributed by atoms with Crippen molar-refractivity contribution in [3.8, 4) is 11.4 Å². The van der Waals surface area contributed by atoms with E-state index in [1.54, 1.807) is 6.33 Å². The summed E-state index contributed by atoms with van der Waals surface area (Å²) in [5, 5.41) is 2.77. The lowest BCUT2D eigenvalue weighted by Gasteiger charge is -2.12. The number of anilines is 4. The fraction of sp³-hybridized carbons (Fsp3) is 0.205. The van der Waals surface area contributed by atoms with Crippen LogP contribution in [-0.4, -0.2) is 35.2 Å². The number of aryl methyl sites for hydroxylation is 2. The van der Waals surface area contributed by atoms with Crippen LogP contribution in [0, 0.1) is 0 Å². The van der Waals surface area contributed by atoms with Crippen molar-refractivity contribution in [1.82, 2.24) is 29.1 Å². The molecule has 12 nitrogen and oxygen atoms in total. The van der Waals surface area contributed by atoms with E-state index in [1.807, 2.05) is 78.9 Å². The van der Waals surface area contributed by atoms with Gasteiger partial charge in [-0.25, -0.2) is 24.7 Å². The smallest absolute Gasteiger partial charge is 0.411 e. The Morgan fingerprint density at radius 3 is 1.71 bits per heavy atom. The van der Waals surface area contributed by atoms with E-state index in [9.17, 15) is 4.79 Å². The zero-order chi connectivity index (χ0) is 34.2. The quantitative estimate of drug-likeness (QED) is 0.140. The number of nitrogens with one attached hydrogen (secondary N) is 1. The van der Waals surface area contributed by atoms with E-state index in [0.717, 1.165) is 76.8 Å². The third kappa shape index (κ3) is 6.16. The summed E-state index contributed by atoms with van der Waals surface area (Å²) in [6, 6.07) is 25.0. The number of hydrogen-bond donors (Lipinski definition) is 4. The zero-order valence-electron chi connectivity index (χ0n) is 27.3. The molecule has 0 atom stereocenters. The molecule has 0 bridgehead atoms. The van der Waals surface area contributed by atoms with Gasteiger partial charge in [0.2, 0.25) is 0 Å². The van der Waals surface area contributed by atoms with Crippen molar-refractivity contribution in [2.24, 2.45) is 0 Å². The first kappa shape index (κ1) is 33.1. The van der Waals surface area contributed by atoms with Crippen LogP contribution < -0.4 is 22.5 Å². The number of nitrogens with two attached hydrogens (primary N) is 3. The van der Waals surface area contributed by atoms with Gasteiger partial charge in [0, 0.05) is 34.1 Å². The van der Waals surface area contributed by atoms with Crippen LogP contribution in [0.2, 0.25) is 0 Å². The standard InChI is InChI=1S/C23H21N5O2.C15H15N5.CH4/c24-22-21-20(25-14-26-22)18-7-4-8-19(18)28(21)17-11-9-16(10-12-17)27-23(29)30-13-15-5-2-1-3-6-15;16-9-4-6-10(7-5-9)20-12-3-1-2-11(12)13-14(20)15(17)19-8-18-13;/h1-3,5-6,9-12,14H,4,7-8,13H2,(H,27,29)(H2,24,25,26);4-8H,1-3,16H2,(H2,17,18,19);1H4. The second kappa shape index (κ2) is 13.8. The first-order chi connectivity index (χ1) is 24.5. The van der Waals surface area contributed by atoms with Gasteiger partial charge in [0.25, 0.3) is 0 Å². The molecule has 9 rings (SSSR count). The number of carbonyl (C=O) groups is 1. The molecule has 0 spiro atoms. The Hall–Kier alpha value is -6.43. The summed E-state index contributed by atoms with van der Waals surface area (Å²) in [7, 11) is 0. The average molecular weight is 681 g/mol. The fourth-order valence-corrected chi connectivity index (χ4v) is 7.16. The van der Waals surface area contributed by atoms with Gasteiger partial charge < -0.3 is 31.1 Å². The normalized spacial score (nSPS) is 12.9. The molecule has 12 heteroatoms. The van der Waals surface area contributed by atoms with Crippen LogP contribution >= 0.6 is 0 Å².